The van der Waals surface area contributed by atoms with Crippen LogP contribution in [-0.2, 0) is 0 Å². The summed E-state index contributed by atoms with van der Waals surface area (Å²) in [7, 11) is 0. The number of benzene rings is 12. The molecule has 0 atom stereocenters. The minimum absolute atomic E-state index is 0.0988. The molecule has 0 aliphatic rings. The first-order valence-corrected chi connectivity index (χ1v) is 23.8. The van der Waals surface area contributed by atoms with Gasteiger partial charge in [-0.25, -0.2) is 22.4 Å². The van der Waals surface area contributed by atoms with Gasteiger partial charge in [0.2, 0.25) is 0 Å². The number of halogens is 4. The molecule has 0 radical (unpaired) electrons. The fraction of sp³-hybridized carbons (Fsp3) is 0. The average molecular weight is 963 g/mol. The van der Waals surface area contributed by atoms with E-state index in [1.165, 1.54) is 12.1 Å². The highest BCUT2D eigenvalue weighted by Gasteiger charge is 2.28. The van der Waals surface area contributed by atoms with Crippen LogP contribution in [0.2, 0.25) is 0 Å². The molecule has 0 bridgehead atoms. The molecule has 0 aliphatic carbocycles. The highest BCUT2D eigenvalue weighted by atomic mass is 19.1. The summed E-state index contributed by atoms with van der Waals surface area (Å²) < 4.78 is 65.8. The van der Waals surface area contributed by atoms with E-state index >= 15 is 17.6 Å². The smallest absolute Gasteiger partial charge is 0.187 e. The number of anilines is 6. The van der Waals surface area contributed by atoms with Crippen LogP contribution in [0.25, 0.3) is 81.7 Å². The van der Waals surface area contributed by atoms with Gasteiger partial charge in [0.05, 0.1) is 41.0 Å². The lowest BCUT2D eigenvalue weighted by Gasteiger charge is -2.31. The zero-order valence-corrected chi connectivity index (χ0v) is 39.2. The summed E-state index contributed by atoms with van der Waals surface area (Å²) in [5.41, 5.74) is 8.62. The molecule has 12 rings (SSSR count). The first kappa shape index (κ1) is 45.1. The summed E-state index contributed by atoms with van der Waals surface area (Å²) >= 11 is 0. The second-order valence-corrected chi connectivity index (χ2v) is 18.0. The third kappa shape index (κ3) is 7.98. The highest BCUT2D eigenvalue weighted by Crippen LogP contribution is 2.51. The van der Waals surface area contributed by atoms with Crippen LogP contribution in [0.3, 0.4) is 0 Å². The largest absolute Gasteiger partial charge is 0.307 e. The molecule has 0 aliphatic heterocycles. The molecule has 8 heteroatoms. The molecule has 0 aromatic heterocycles. The van der Waals surface area contributed by atoms with Gasteiger partial charge in [-0.1, -0.05) is 146 Å². The standard InChI is InChI=1S/C66H38F4N4/c1-72-52-24-28-54(29-25-52)74(66-58(37-51(68)39-60(66)70)49-17-9-15-47(35-49)43-12-6-3-7-13-43)62-33-23-45-20-30-55-61(32-22-44-21-31-56(62)64(45)63(44)55)73(53-26-18-41(40-71)19-27-53)65-57(36-50(67)38-59(65)69)48-16-8-14-46(34-48)42-10-4-2-5-11-42/h2-39H. The number of rotatable bonds is 10. The number of nitrogens with zero attached hydrogens (tertiary/aromatic N) is 4. The van der Waals surface area contributed by atoms with E-state index in [-0.39, 0.29) is 11.4 Å². The van der Waals surface area contributed by atoms with Gasteiger partial charge in [-0.3, -0.25) is 0 Å². The first-order chi connectivity index (χ1) is 36.2. The predicted molar refractivity (Wildman–Crippen MR) is 292 cm³/mol. The van der Waals surface area contributed by atoms with E-state index in [1.54, 1.807) is 58.3 Å². The molecule has 74 heavy (non-hydrogen) atoms. The number of hydrogen-bond donors (Lipinski definition) is 0. The van der Waals surface area contributed by atoms with Crippen molar-refractivity contribution in [2.45, 2.75) is 0 Å². The minimum atomic E-state index is -0.797. The van der Waals surface area contributed by atoms with Gasteiger partial charge in [0.1, 0.15) is 11.6 Å². The Labute approximate surface area is 424 Å². The lowest BCUT2D eigenvalue weighted by atomic mass is 9.91. The van der Waals surface area contributed by atoms with Crippen molar-refractivity contribution in [2.75, 3.05) is 9.80 Å². The summed E-state index contributed by atoms with van der Waals surface area (Å²) in [6.45, 7) is 7.72. The summed E-state index contributed by atoms with van der Waals surface area (Å²) in [4.78, 5) is 7.19. The van der Waals surface area contributed by atoms with Crippen LogP contribution in [-0.4, -0.2) is 0 Å². The van der Waals surface area contributed by atoms with Gasteiger partial charge in [0, 0.05) is 45.4 Å². The fourth-order valence-electron chi connectivity index (χ4n) is 10.3. The maximum absolute atomic E-state index is 17.2. The van der Waals surface area contributed by atoms with Crippen molar-refractivity contribution in [3.8, 4) is 50.6 Å². The molecular formula is C66H38F4N4. The van der Waals surface area contributed by atoms with Gasteiger partial charge in [-0.15, -0.1) is 0 Å². The highest BCUT2D eigenvalue weighted by molar-refractivity contribution is 6.28. The molecule has 0 saturated carbocycles. The van der Waals surface area contributed by atoms with Crippen molar-refractivity contribution < 1.29 is 17.6 Å². The molecule has 0 fully saturated rings. The van der Waals surface area contributed by atoms with Crippen molar-refractivity contribution in [2.24, 2.45) is 0 Å². The SMILES string of the molecule is [C-]#[N+]c1ccc(N(c2c(F)cc(F)cc2-c2cccc(-c3ccccc3)c2)c2ccc3ccc4c(N(c5ccc(C#N)cc5)c5c(F)cc(F)cc5-c5cccc(-c6ccccc6)c5)ccc5ccc2c3c54)cc1. The lowest BCUT2D eigenvalue weighted by molar-refractivity contribution is 0.584. The molecule has 12 aromatic carbocycles. The summed E-state index contributed by atoms with van der Waals surface area (Å²) in [6, 6.07) is 70.9. The van der Waals surface area contributed by atoms with Crippen LogP contribution in [0, 0.1) is 41.2 Å². The number of hydrogen-bond acceptors (Lipinski definition) is 3. The van der Waals surface area contributed by atoms with Crippen molar-refractivity contribution in [3.63, 3.8) is 0 Å². The zero-order valence-electron chi connectivity index (χ0n) is 39.2. The first-order valence-electron chi connectivity index (χ1n) is 23.8. The average Bonchev–Trinajstić information content (AvgIpc) is 3.46. The van der Waals surface area contributed by atoms with E-state index in [9.17, 15) is 5.26 Å². The second-order valence-electron chi connectivity index (χ2n) is 18.0. The van der Waals surface area contributed by atoms with E-state index < -0.39 is 23.3 Å². The molecular weight excluding hydrogens is 925 g/mol. The third-order valence-electron chi connectivity index (χ3n) is 13.7. The molecule has 4 nitrogen and oxygen atoms in total. The van der Waals surface area contributed by atoms with Crippen molar-refractivity contribution in [1.29, 1.82) is 5.26 Å². The molecule has 350 valence electrons. The summed E-state index contributed by atoms with van der Waals surface area (Å²) in [6.07, 6.45) is 0. The van der Waals surface area contributed by atoms with Gasteiger partial charge in [-0.2, -0.15) is 5.26 Å². The quantitative estimate of drug-likeness (QED) is 0.0778. The molecule has 0 amide bonds. The Morgan fingerprint density at radius 1 is 0.392 bits per heavy atom. The normalized spacial score (nSPS) is 11.2. The maximum atomic E-state index is 17.2. The molecule has 12 aromatic rings. The van der Waals surface area contributed by atoms with Gasteiger partial charge >= 0.3 is 0 Å². The van der Waals surface area contributed by atoms with Gasteiger partial charge in [0.15, 0.2) is 17.3 Å². The summed E-state index contributed by atoms with van der Waals surface area (Å²) in [5.74, 6) is -3.08. The van der Waals surface area contributed by atoms with Crippen LogP contribution < -0.4 is 9.80 Å². The van der Waals surface area contributed by atoms with Gasteiger partial charge in [-0.05, 0) is 128 Å². The lowest BCUT2D eigenvalue weighted by Crippen LogP contribution is -2.15. The van der Waals surface area contributed by atoms with Crippen molar-refractivity contribution in [1.82, 2.24) is 0 Å². The van der Waals surface area contributed by atoms with Crippen LogP contribution in [0.5, 0.6) is 0 Å². The Balaban J connectivity index is 1.11. The number of nitriles is 1. The van der Waals surface area contributed by atoms with E-state index in [0.717, 1.165) is 66.7 Å². The molecule has 0 saturated heterocycles. The maximum Gasteiger partial charge on any atom is 0.187 e. The molecule has 0 N–H and O–H groups in total. The van der Waals surface area contributed by atoms with Crippen molar-refractivity contribution in [3.05, 3.63) is 271 Å². The monoisotopic (exact) mass is 962 g/mol. The topological polar surface area (TPSA) is 34.6 Å². The van der Waals surface area contributed by atoms with Crippen LogP contribution in [0.1, 0.15) is 5.56 Å². The second kappa shape index (κ2) is 18.6. The van der Waals surface area contributed by atoms with Gasteiger partial charge in [0.25, 0.3) is 0 Å². The van der Waals surface area contributed by atoms with E-state index in [1.807, 2.05) is 158 Å². The van der Waals surface area contributed by atoms with Crippen LogP contribution in [0.4, 0.5) is 57.4 Å². The van der Waals surface area contributed by atoms with Crippen LogP contribution in [0.15, 0.2) is 231 Å². The third-order valence-corrected chi connectivity index (χ3v) is 13.7. The Hall–Kier alpha value is -10.0. The van der Waals surface area contributed by atoms with E-state index in [4.69, 9.17) is 6.57 Å². The van der Waals surface area contributed by atoms with Gasteiger partial charge < -0.3 is 9.80 Å². The van der Waals surface area contributed by atoms with Crippen molar-refractivity contribution >= 4 is 72.1 Å². The van der Waals surface area contributed by atoms with E-state index in [0.29, 0.717) is 56.3 Å². The fourth-order valence-corrected chi connectivity index (χ4v) is 10.3. The Kier molecular flexibility index (Phi) is 11.4. The Morgan fingerprint density at radius 3 is 1.23 bits per heavy atom. The Morgan fingerprint density at radius 2 is 0.797 bits per heavy atom. The molecule has 0 spiro atoms. The molecule has 0 heterocycles. The summed E-state index contributed by atoms with van der Waals surface area (Å²) in [5, 5.41) is 14.7. The van der Waals surface area contributed by atoms with Crippen LogP contribution >= 0.6 is 0 Å². The predicted octanol–water partition coefficient (Wildman–Crippen LogP) is 19.2. The van der Waals surface area contributed by atoms with E-state index in [2.05, 4.69) is 10.9 Å². The Bertz CT molecular complexity index is 3930. The zero-order chi connectivity index (χ0) is 50.5. The minimum Gasteiger partial charge on any atom is -0.307 e. The molecule has 0 unspecified atom stereocenters.